The van der Waals surface area contributed by atoms with Crippen molar-refractivity contribution in [3.05, 3.63) is 101 Å². The topological polar surface area (TPSA) is 64.5 Å². The molecule has 0 spiro atoms. The summed E-state index contributed by atoms with van der Waals surface area (Å²) in [4.78, 5) is 6.34. The van der Waals surface area contributed by atoms with Crippen LogP contribution in [-0.4, -0.2) is 25.4 Å². The van der Waals surface area contributed by atoms with Gasteiger partial charge < -0.3 is 4.98 Å². The van der Waals surface area contributed by atoms with E-state index in [4.69, 9.17) is 0 Å². The summed E-state index contributed by atoms with van der Waals surface area (Å²) < 4.78 is 0. The summed E-state index contributed by atoms with van der Waals surface area (Å²) >= 11 is 3.09. The second kappa shape index (κ2) is 12.2. The maximum Gasteiger partial charge on any atom is 0.211 e. The number of thiophene rings is 2. The normalized spacial score (nSPS) is 10.5. The van der Waals surface area contributed by atoms with Gasteiger partial charge in [0.15, 0.2) is 0 Å². The molecule has 6 aromatic rings. The molecule has 0 amide bonds. The average Bonchev–Trinajstić information content (AvgIpc) is 3.64. The van der Waals surface area contributed by atoms with Gasteiger partial charge in [0.05, 0.1) is 4.88 Å². The third kappa shape index (κ3) is 5.97. The monoisotopic (exact) mass is 684 g/mol. The zero-order valence-corrected chi connectivity index (χ0v) is 23.6. The summed E-state index contributed by atoms with van der Waals surface area (Å²) in [6, 6.07) is 28.8. The van der Waals surface area contributed by atoms with E-state index in [0.717, 1.165) is 21.0 Å². The molecule has 0 bridgehead atoms. The second-order valence-corrected chi connectivity index (χ2v) is 9.85. The predicted octanol–water partition coefficient (Wildman–Crippen LogP) is 7.35. The van der Waals surface area contributed by atoms with Gasteiger partial charge >= 0.3 is 0 Å². The Bertz CT molecular complexity index is 1460. The van der Waals surface area contributed by atoms with Gasteiger partial charge in [0.1, 0.15) is 5.82 Å². The number of hydrogen-bond donors (Lipinski definition) is 0. The minimum Gasteiger partial charge on any atom is -0.305 e. The van der Waals surface area contributed by atoms with Crippen LogP contribution in [0.4, 0.5) is 0 Å². The first-order valence-corrected chi connectivity index (χ1v) is 12.9. The van der Waals surface area contributed by atoms with Gasteiger partial charge in [0, 0.05) is 26.3 Å². The molecule has 4 aromatic heterocycles. The van der Waals surface area contributed by atoms with E-state index in [0.29, 0.717) is 17.6 Å². The Balaban J connectivity index is 0.000000167. The van der Waals surface area contributed by atoms with Crippen molar-refractivity contribution >= 4 is 33.4 Å². The first kappa shape index (κ1) is 25.9. The van der Waals surface area contributed by atoms with E-state index in [2.05, 4.69) is 93.8 Å². The standard InChI is InChI=1S/C18H16N.C10H5N4S2.Ir/c1-13(2)15-10-11-19-18(12-15)17-9-5-7-14-6-3-4-8-16(14)17;1-3-7(15-5-1)9-11-13-10(14-12-9)8-4-2-6-16-8;/h3-8,10-13H,1-2H3;1-3,5-6H;/q2*-1;. The largest absolute Gasteiger partial charge is 0.305 e. The van der Waals surface area contributed by atoms with Crippen LogP contribution < -0.4 is 0 Å². The fourth-order valence-corrected chi connectivity index (χ4v) is 4.75. The van der Waals surface area contributed by atoms with Crippen LogP contribution in [0.15, 0.2) is 83.7 Å². The van der Waals surface area contributed by atoms with Gasteiger partial charge in [-0.3, -0.25) is 0 Å². The molecule has 181 valence electrons. The Morgan fingerprint density at radius 3 is 2.31 bits per heavy atom. The van der Waals surface area contributed by atoms with E-state index in [-0.39, 0.29) is 20.1 Å². The fraction of sp³-hybridized carbons (Fsp3) is 0.107. The van der Waals surface area contributed by atoms with Crippen molar-refractivity contribution in [2.24, 2.45) is 0 Å². The maximum absolute atomic E-state index is 4.51. The molecule has 0 unspecified atom stereocenters. The van der Waals surface area contributed by atoms with Crippen LogP contribution in [0.3, 0.4) is 0 Å². The van der Waals surface area contributed by atoms with E-state index in [9.17, 15) is 0 Å². The summed E-state index contributed by atoms with van der Waals surface area (Å²) in [6.45, 7) is 4.40. The summed E-state index contributed by atoms with van der Waals surface area (Å²) in [7, 11) is 0. The number of nitrogens with zero attached hydrogens (tertiary/aromatic N) is 5. The zero-order valence-electron chi connectivity index (χ0n) is 19.5. The summed E-state index contributed by atoms with van der Waals surface area (Å²) in [5.41, 5.74) is 3.40. The van der Waals surface area contributed by atoms with Gasteiger partial charge in [0.25, 0.3) is 0 Å². The van der Waals surface area contributed by atoms with E-state index in [1.165, 1.54) is 27.7 Å². The van der Waals surface area contributed by atoms with E-state index in [1.54, 1.807) is 11.3 Å². The predicted molar refractivity (Wildman–Crippen MR) is 143 cm³/mol. The molecular formula is C28H21IrN5S2-2. The quantitative estimate of drug-likeness (QED) is 0.182. The number of aromatic nitrogens is 5. The fourth-order valence-electron chi connectivity index (χ4n) is 3.50. The van der Waals surface area contributed by atoms with Crippen LogP contribution in [0, 0.1) is 12.1 Å². The van der Waals surface area contributed by atoms with Crippen molar-refractivity contribution in [2.75, 3.05) is 0 Å². The molecule has 0 aliphatic heterocycles. The molecule has 0 saturated heterocycles. The molecule has 6 rings (SSSR count). The molecule has 2 aromatic carbocycles. The number of rotatable bonds is 4. The van der Waals surface area contributed by atoms with Gasteiger partial charge in [0.2, 0.25) is 5.82 Å². The number of hydrogen-bond acceptors (Lipinski definition) is 7. The zero-order chi connectivity index (χ0) is 24.0. The first-order valence-electron chi connectivity index (χ1n) is 11.1. The molecular weight excluding hydrogens is 663 g/mol. The van der Waals surface area contributed by atoms with Crippen molar-refractivity contribution in [1.82, 2.24) is 25.4 Å². The van der Waals surface area contributed by atoms with Crippen LogP contribution in [-0.2, 0) is 20.1 Å². The van der Waals surface area contributed by atoms with Crippen molar-refractivity contribution in [3.8, 4) is 32.7 Å². The van der Waals surface area contributed by atoms with Gasteiger partial charge in [-0.25, -0.2) is 11.3 Å². The van der Waals surface area contributed by atoms with Gasteiger partial charge in [-0.1, -0.05) is 66.1 Å². The Labute approximate surface area is 231 Å². The Hall–Kier alpha value is -3.16. The summed E-state index contributed by atoms with van der Waals surface area (Å²) in [6.07, 6.45) is 1.89. The van der Waals surface area contributed by atoms with Gasteiger partial charge in [-0.15, -0.1) is 56.1 Å². The molecule has 0 saturated carbocycles. The molecule has 0 aliphatic rings. The molecule has 8 heteroatoms. The molecule has 5 nitrogen and oxygen atoms in total. The summed E-state index contributed by atoms with van der Waals surface area (Å²) in [5.74, 6) is 1.60. The van der Waals surface area contributed by atoms with E-state index in [1.807, 2.05) is 41.2 Å². The third-order valence-corrected chi connectivity index (χ3v) is 6.99. The Morgan fingerprint density at radius 1 is 0.778 bits per heavy atom. The molecule has 4 heterocycles. The van der Waals surface area contributed by atoms with Crippen LogP contribution in [0.2, 0.25) is 0 Å². The smallest absolute Gasteiger partial charge is 0.211 e. The number of benzene rings is 2. The van der Waals surface area contributed by atoms with Crippen molar-refractivity contribution < 1.29 is 20.1 Å². The number of pyridine rings is 1. The SMILES string of the molecule is CC(C)c1ccnc(-c2[c-]ccc3ccccc23)c1.[Ir].[c-]1ccsc1-c1nnc(-c2cccs2)nn1. The summed E-state index contributed by atoms with van der Waals surface area (Å²) in [5, 5.41) is 22.5. The number of fused-ring (bicyclic) bond motifs is 1. The molecule has 0 fully saturated rings. The van der Waals surface area contributed by atoms with Crippen LogP contribution >= 0.6 is 22.7 Å². The van der Waals surface area contributed by atoms with Crippen LogP contribution in [0.1, 0.15) is 25.3 Å². The Morgan fingerprint density at radius 2 is 1.58 bits per heavy atom. The van der Waals surface area contributed by atoms with Crippen molar-refractivity contribution in [1.29, 1.82) is 0 Å². The maximum atomic E-state index is 4.51. The van der Waals surface area contributed by atoms with E-state index >= 15 is 0 Å². The van der Waals surface area contributed by atoms with Gasteiger partial charge in [-0.2, -0.15) is 22.3 Å². The van der Waals surface area contributed by atoms with Crippen LogP contribution in [0.25, 0.3) is 43.4 Å². The third-order valence-electron chi connectivity index (χ3n) is 5.32. The van der Waals surface area contributed by atoms with Crippen molar-refractivity contribution in [3.63, 3.8) is 0 Å². The molecule has 0 aliphatic carbocycles. The second-order valence-electron chi connectivity index (χ2n) is 7.99. The van der Waals surface area contributed by atoms with E-state index < -0.39 is 0 Å². The molecule has 0 atom stereocenters. The minimum absolute atomic E-state index is 0. The Kier molecular flexibility index (Phi) is 8.78. The average molecular weight is 684 g/mol. The molecule has 0 N–H and O–H groups in total. The molecule has 36 heavy (non-hydrogen) atoms. The van der Waals surface area contributed by atoms with Crippen molar-refractivity contribution in [2.45, 2.75) is 19.8 Å². The van der Waals surface area contributed by atoms with Crippen LogP contribution in [0.5, 0.6) is 0 Å². The minimum atomic E-state index is 0. The van der Waals surface area contributed by atoms with Gasteiger partial charge in [-0.05, 0) is 29.1 Å². The molecule has 1 radical (unpaired) electrons. The first-order chi connectivity index (χ1) is 17.2.